The molecule has 29 heavy (non-hydrogen) atoms. The Morgan fingerprint density at radius 3 is 2.90 bits per heavy atom. The fraction of sp³-hybridized carbons (Fsp3) is 0.476. The van der Waals surface area contributed by atoms with Gasteiger partial charge in [-0.2, -0.15) is 0 Å². The molecular weight excluding hydrogens is 393 g/mol. The van der Waals surface area contributed by atoms with Crippen molar-refractivity contribution in [3.8, 4) is 11.4 Å². The number of nitrogens with one attached hydrogen (secondary N) is 1. The van der Waals surface area contributed by atoms with Crippen molar-refractivity contribution in [3.63, 3.8) is 0 Å². The first-order valence-corrected chi connectivity index (χ1v) is 10.3. The second-order valence-electron chi connectivity index (χ2n) is 7.99. The molecule has 1 saturated heterocycles. The molecule has 0 radical (unpaired) electrons. The predicted octanol–water partition coefficient (Wildman–Crippen LogP) is 3.01. The van der Waals surface area contributed by atoms with E-state index in [0.717, 1.165) is 42.0 Å². The van der Waals surface area contributed by atoms with Gasteiger partial charge in [-0.1, -0.05) is 23.7 Å². The van der Waals surface area contributed by atoms with E-state index in [9.17, 15) is 9.18 Å². The fourth-order valence-electron chi connectivity index (χ4n) is 3.56. The number of alkyl halides is 1. The van der Waals surface area contributed by atoms with Crippen molar-refractivity contribution in [1.82, 2.24) is 15.3 Å². The predicted molar refractivity (Wildman–Crippen MR) is 112 cm³/mol. The number of aryl methyl sites for hydroxylation is 1. The summed E-state index contributed by atoms with van der Waals surface area (Å²) in [6.07, 6.45) is 3.28. The summed E-state index contributed by atoms with van der Waals surface area (Å²) in [6, 6.07) is 5.73. The molecule has 3 N–H and O–H groups in total. The molecule has 0 bridgehead atoms. The Morgan fingerprint density at radius 2 is 2.24 bits per heavy atom. The number of anilines is 1. The van der Waals surface area contributed by atoms with Gasteiger partial charge in [0, 0.05) is 42.0 Å². The van der Waals surface area contributed by atoms with Crippen molar-refractivity contribution >= 4 is 23.3 Å². The second kappa shape index (κ2) is 7.88. The summed E-state index contributed by atoms with van der Waals surface area (Å²) in [5.74, 6) is 1.17. The average molecular weight is 418 g/mol. The Kier molecular flexibility index (Phi) is 5.44. The van der Waals surface area contributed by atoms with E-state index < -0.39 is 11.6 Å². The summed E-state index contributed by atoms with van der Waals surface area (Å²) < 4.78 is 14.0. The van der Waals surface area contributed by atoms with Crippen LogP contribution in [-0.2, 0) is 11.3 Å². The Bertz CT molecular complexity index is 933. The number of benzene rings is 1. The highest BCUT2D eigenvalue weighted by Crippen LogP contribution is 2.40. The van der Waals surface area contributed by atoms with Gasteiger partial charge in [0.05, 0.1) is 0 Å². The van der Waals surface area contributed by atoms with E-state index in [0.29, 0.717) is 36.2 Å². The highest BCUT2D eigenvalue weighted by atomic mass is 35.5. The molecule has 1 unspecified atom stereocenters. The van der Waals surface area contributed by atoms with Gasteiger partial charge in [0.25, 0.3) is 5.91 Å². The van der Waals surface area contributed by atoms with Gasteiger partial charge in [-0.05, 0) is 50.3 Å². The number of hydrogen-bond donors (Lipinski definition) is 2. The zero-order chi connectivity index (χ0) is 20.6. The van der Waals surface area contributed by atoms with Crippen LogP contribution >= 0.6 is 11.6 Å². The Morgan fingerprint density at radius 1 is 1.45 bits per heavy atom. The van der Waals surface area contributed by atoms with Crippen LogP contribution in [0.25, 0.3) is 11.4 Å². The maximum atomic E-state index is 14.0. The van der Waals surface area contributed by atoms with Crippen LogP contribution in [0, 0.1) is 12.8 Å². The molecule has 2 aromatic rings. The largest absolute Gasteiger partial charge is 0.356 e. The van der Waals surface area contributed by atoms with E-state index in [4.69, 9.17) is 22.3 Å². The first-order chi connectivity index (χ1) is 13.9. The van der Waals surface area contributed by atoms with E-state index in [-0.39, 0.29) is 6.54 Å². The standard InChI is InChI=1S/C21H25ClFN5O/c1-13-2-3-15(8-17(13)22)18-25-10-16(11-26-20(29)21(23)5-6-21)19(27-18)28-7-4-14(9-24)12-28/h2-3,8,10,14H,4-7,9,11-12,24H2,1H3,(H,26,29). The average Bonchev–Trinajstić information content (AvgIpc) is 3.30. The van der Waals surface area contributed by atoms with Gasteiger partial charge >= 0.3 is 0 Å². The lowest BCUT2D eigenvalue weighted by Gasteiger charge is -2.22. The Hall–Kier alpha value is -2.25. The minimum absolute atomic E-state index is 0.193. The van der Waals surface area contributed by atoms with E-state index in [2.05, 4.69) is 15.2 Å². The monoisotopic (exact) mass is 417 g/mol. The zero-order valence-electron chi connectivity index (χ0n) is 16.4. The van der Waals surface area contributed by atoms with Gasteiger partial charge in [0.2, 0.25) is 0 Å². The number of nitrogens with zero attached hydrogens (tertiary/aromatic N) is 3. The molecule has 1 atom stereocenters. The lowest BCUT2D eigenvalue weighted by molar-refractivity contribution is -0.127. The minimum Gasteiger partial charge on any atom is -0.356 e. The number of halogens is 2. The molecule has 2 heterocycles. The van der Waals surface area contributed by atoms with Crippen LogP contribution < -0.4 is 16.0 Å². The van der Waals surface area contributed by atoms with Crippen LogP contribution in [-0.4, -0.2) is 41.2 Å². The number of rotatable bonds is 6. The number of amides is 1. The number of carbonyl (C=O) groups is 1. The van der Waals surface area contributed by atoms with Crippen molar-refractivity contribution < 1.29 is 9.18 Å². The molecule has 6 nitrogen and oxygen atoms in total. The molecule has 1 amide bonds. The normalized spacial score (nSPS) is 20.0. The van der Waals surface area contributed by atoms with Crippen LogP contribution in [0.1, 0.15) is 30.4 Å². The van der Waals surface area contributed by atoms with Crippen molar-refractivity contribution in [3.05, 3.63) is 40.5 Å². The highest BCUT2D eigenvalue weighted by Gasteiger charge is 2.50. The molecule has 1 aromatic carbocycles. The molecule has 1 saturated carbocycles. The van der Waals surface area contributed by atoms with Crippen molar-refractivity contribution in [1.29, 1.82) is 0 Å². The van der Waals surface area contributed by atoms with Gasteiger partial charge in [-0.3, -0.25) is 4.79 Å². The maximum absolute atomic E-state index is 14.0. The molecule has 1 aliphatic heterocycles. The van der Waals surface area contributed by atoms with E-state index >= 15 is 0 Å². The van der Waals surface area contributed by atoms with E-state index in [1.807, 2.05) is 25.1 Å². The molecule has 2 fully saturated rings. The summed E-state index contributed by atoms with van der Waals surface area (Å²) in [4.78, 5) is 23.5. The molecule has 1 aromatic heterocycles. The Balaban J connectivity index is 1.62. The van der Waals surface area contributed by atoms with Gasteiger partial charge in [-0.25, -0.2) is 14.4 Å². The summed E-state index contributed by atoms with van der Waals surface area (Å²) >= 11 is 6.27. The third kappa shape index (κ3) is 4.21. The molecular formula is C21H25ClFN5O. The summed E-state index contributed by atoms with van der Waals surface area (Å²) in [7, 11) is 0. The summed E-state index contributed by atoms with van der Waals surface area (Å²) in [5.41, 5.74) is 6.73. The fourth-order valence-corrected chi connectivity index (χ4v) is 3.74. The SMILES string of the molecule is Cc1ccc(-c2ncc(CNC(=O)C3(F)CC3)c(N3CCC(CN)C3)n2)cc1Cl. The van der Waals surface area contributed by atoms with E-state index in [1.165, 1.54) is 0 Å². The summed E-state index contributed by atoms with van der Waals surface area (Å²) in [6.45, 7) is 4.40. The van der Waals surface area contributed by atoms with Gasteiger partial charge in [-0.15, -0.1) is 0 Å². The van der Waals surface area contributed by atoms with Crippen LogP contribution in [0.5, 0.6) is 0 Å². The van der Waals surface area contributed by atoms with Gasteiger partial charge in [0.1, 0.15) is 5.82 Å². The van der Waals surface area contributed by atoms with Crippen LogP contribution in [0.15, 0.2) is 24.4 Å². The van der Waals surface area contributed by atoms with Crippen LogP contribution in [0.3, 0.4) is 0 Å². The number of carbonyl (C=O) groups excluding carboxylic acids is 1. The third-order valence-corrected chi connectivity index (χ3v) is 6.13. The number of hydrogen-bond acceptors (Lipinski definition) is 5. The molecule has 154 valence electrons. The number of nitrogens with two attached hydrogens (primary N) is 1. The minimum atomic E-state index is -1.70. The van der Waals surface area contributed by atoms with Gasteiger partial charge in [0.15, 0.2) is 11.5 Å². The molecule has 1 aliphatic carbocycles. The van der Waals surface area contributed by atoms with Crippen LogP contribution in [0.4, 0.5) is 10.2 Å². The third-order valence-electron chi connectivity index (χ3n) is 5.73. The van der Waals surface area contributed by atoms with Gasteiger partial charge < -0.3 is 16.0 Å². The van der Waals surface area contributed by atoms with Crippen molar-refractivity contribution in [2.24, 2.45) is 11.7 Å². The lowest BCUT2D eigenvalue weighted by Crippen LogP contribution is -2.34. The first kappa shape index (κ1) is 20.0. The van der Waals surface area contributed by atoms with Crippen molar-refractivity contribution in [2.45, 2.75) is 38.4 Å². The summed E-state index contributed by atoms with van der Waals surface area (Å²) in [5, 5.41) is 3.36. The Labute approximate surface area is 174 Å². The number of aromatic nitrogens is 2. The lowest BCUT2D eigenvalue weighted by atomic mass is 10.1. The van der Waals surface area contributed by atoms with Crippen molar-refractivity contribution in [2.75, 3.05) is 24.5 Å². The maximum Gasteiger partial charge on any atom is 0.257 e. The zero-order valence-corrected chi connectivity index (χ0v) is 17.2. The smallest absolute Gasteiger partial charge is 0.257 e. The highest BCUT2D eigenvalue weighted by molar-refractivity contribution is 6.31. The second-order valence-corrected chi connectivity index (χ2v) is 8.40. The first-order valence-electron chi connectivity index (χ1n) is 9.94. The van der Waals surface area contributed by atoms with E-state index in [1.54, 1.807) is 6.20 Å². The quantitative estimate of drug-likeness (QED) is 0.754. The molecule has 0 spiro atoms. The molecule has 2 aliphatic rings. The van der Waals surface area contributed by atoms with Crippen LogP contribution in [0.2, 0.25) is 5.02 Å². The topological polar surface area (TPSA) is 84.1 Å². The molecule has 8 heteroatoms. The molecule has 4 rings (SSSR count).